The van der Waals surface area contributed by atoms with Crippen molar-refractivity contribution in [1.29, 1.82) is 0 Å². The largest absolute Gasteiger partial charge is 0.496 e. The summed E-state index contributed by atoms with van der Waals surface area (Å²) in [5.41, 5.74) is 1.29. The Morgan fingerprint density at radius 3 is 2.70 bits per heavy atom. The summed E-state index contributed by atoms with van der Waals surface area (Å²) >= 11 is 3.56. The standard InChI is InChI=1S/C17H26BrNO/c1-19-16(10-13-6-4-3-5-7-13)12-14-11-15(18)8-9-17(14)20-2/h8-9,11,13,16,19H,3-7,10,12H2,1-2H3. The van der Waals surface area contributed by atoms with Crippen LogP contribution in [0.15, 0.2) is 22.7 Å². The van der Waals surface area contributed by atoms with E-state index in [4.69, 9.17) is 4.74 Å². The lowest BCUT2D eigenvalue weighted by atomic mass is 9.83. The number of nitrogens with one attached hydrogen (secondary N) is 1. The Balaban J connectivity index is 1.99. The Bertz CT molecular complexity index is 415. The minimum atomic E-state index is 0.543. The highest BCUT2D eigenvalue weighted by Gasteiger charge is 2.19. The molecule has 0 aliphatic heterocycles. The second kappa shape index (κ2) is 8.04. The van der Waals surface area contributed by atoms with Crippen molar-refractivity contribution in [3.63, 3.8) is 0 Å². The highest BCUT2D eigenvalue weighted by molar-refractivity contribution is 9.10. The fourth-order valence-electron chi connectivity index (χ4n) is 3.30. The number of hydrogen-bond donors (Lipinski definition) is 1. The summed E-state index contributed by atoms with van der Waals surface area (Å²) in [6, 6.07) is 6.82. The lowest BCUT2D eigenvalue weighted by molar-refractivity contribution is 0.301. The van der Waals surface area contributed by atoms with Crippen LogP contribution in [0.5, 0.6) is 5.75 Å². The van der Waals surface area contributed by atoms with Crippen LogP contribution in [0.2, 0.25) is 0 Å². The molecule has 1 fully saturated rings. The molecule has 1 aromatic carbocycles. The number of ether oxygens (including phenoxy) is 1. The van der Waals surface area contributed by atoms with Crippen molar-refractivity contribution in [1.82, 2.24) is 5.32 Å². The van der Waals surface area contributed by atoms with Crippen LogP contribution in [0, 0.1) is 5.92 Å². The molecule has 0 spiro atoms. The molecule has 0 heterocycles. The molecule has 1 saturated carbocycles. The van der Waals surface area contributed by atoms with Gasteiger partial charge in [-0.05, 0) is 49.6 Å². The third-order valence-corrected chi connectivity index (χ3v) is 4.95. The molecule has 2 nitrogen and oxygen atoms in total. The van der Waals surface area contributed by atoms with E-state index in [1.165, 1.54) is 44.1 Å². The van der Waals surface area contributed by atoms with Gasteiger partial charge in [0.25, 0.3) is 0 Å². The molecule has 0 saturated heterocycles. The van der Waals surface area contributed by atoms with Gasteiger partial charge in [-0.1, -0.05) is 48.0 Å². The average molecular weight is 340 g/mol. The molecule has 1 atom stereocenters. The van der Waals surface area contributed by atoms with Crippen LogP contribution in [0.25, 0.3) is 0 Å². The molecular formula is C17H26BrNO. The van der Waals surface area contributed by atoms with Gasteiger partial charge >= 0.3 is 0 Å². The van der Waals surface area contributed by atoms with Gasteiger partial charge in [-0.25, -0.2) is 0 Å². The second-order valence-electron chi connectivity index (χ2n) is 5.89. The van der Waals surface area contributed by atoms with Crippen molar-refractivity contribution in [3.8, 4) is 5.75 Å². The monoisotopic (exact) mass is 339 g/mol. The molecule has 2 rings (SSSR count). The summed E-state index contributed by atoms with van der Waals surface area (Å²) in [5, 5.41) is 3.50. The van der Waals surface area contributed by atoms with Gasteiger partial charge in [0.1, 0.15) is 5.75 Å². The first-order chi connectivity index (χ1) is 9.72. The molecule has 20 heavy (non-hydrogen) atoms. The van der Waals surface area contributed by atoms with E-state index in [0.29, 0.717) is 6.04 Å². The third-order valence-electron chi connectivity index (χ3n) is 4.46. The molecular weight excluding hydrogens is 314 g/mol. The van der Waals surface area contributed by atoms with Gasteiger partial charge in [-0.15, -0.1) is 0 Å². The summed E-state index contributed by atoms with van der Waals surface area (Å²) < 4.78 is 6.61. The molecule has 0 radical (unpaired) electrons. The highest BCUT2D eigenvalue weighted by Crippen LogP contribution is 2.30. The lowest BCUT2D eigenvalue weighted by Gasteiger charge is -2.27. The van der Waals surface area contributed by atoms with Crippen LogP contribution < -0.4 is 10.1 Å². The summed E-state index contributed by atoms with van der Waals surface area (Å²) in [6.07, 6.45) is 9.41. The van der Waals surface area contributed by atoms with Crippen molar-refractivity contribution < 1.29 is 4.74 Å². The minimum Gasteiger partial charge on any atom is -0.496 e. The topological polar surface area (TPSA) is 21.3 Å². The van der Waals surface area contributed by atoms with Crippen LogP contribution in [0.4, 0.5) is 0 Å². The Hall–Kier alpha value is -0.540. The molecule has 3 heteroatoms. The molecule has 1 aliphatic carbocycles. The van der Waals surface area contributed by atoms with Gasteiger partial charge in [0.2, 0.25) is 0 Å². The Morgan fingerprint density at radius 1 is 1.30 bits per heavy atom. The summed E-state index contributed by atoms with van der Waals surface area (Å²) in [7, 11) is 3.83. The van der Waals surface area contributed by atoms with Crippen LogP contribution in [0.1, 0.15) is 44.1 Å². The Morgan fingerprint density at radius 2 is 2.05 bits per heavy atom. The van der Waals surface area contributed by atoms with E-state index in [1.54, 1.807) is 7.11 Å². The lowest BCUT2D eigenvalue weighted by Crippen LogP contribution is -2.30. The first-order valence-electron chi connectivity index (χ1n) is 7.72. The zero-order chi connectivity index (χ0) is 14.4. The van der Waals surface area contributed by atoms with Crippen molar-refractivity contribution >= 4 is 15.9 Å². The minimum absolute atomic E-state index is 0.543. The van der Waals surface area contributed by atoms with Crippen molar-refractivity contribution in [3.05, 3.63) is 28.2 Å². The molecule has 0 bridgehead atoms. The van der Waals surface area contributed by atoms with Gasteiger partial charge in [0, 0.05) is 10.5 Å². The number of likely N-dealkylation sites (N-methyl/N-ethyl adjacent to an activating group) is 1. The van der Waals surface area contributed by atoms with Gasteiger partial charge in [0.05, 0.1) is 7.11 Å². The predicted molar refractivity (Wildman–Crippen MR) is 88.4 cm³/mol. The van der Waals surface area contributed by atoms with Crippen LogP contribution in [0.3, 0.4) is 0 Å². The summed E-state index contributed by atoms with van der Waals surface area (Å²) in [4.78, 5) is 0. The normalized spacial score (nSPS) is 17.9. The van der Waals surface area contributed by atoms with E-state index in [1.807, 2.05) is 12.1 Å². The number of benzene rings is 1. The SMILES string of the molecule is CNC(Cc1cc(Br)ccc1OC)CC1CCCCC1. The van der Waals surface area contributed by atoms with Crippen molar-refractivity contribution in [2.75, 3.05) is 14.2 Å². The van der Waals surface area contributed by atoms with Crippen molar-refractivity contribution in [2.24, 2.45) is 5.92 Å². The van der Waals surface area contributed by atoms with Gasteiger partial charge in [-0.2, -0.15) is 0 Å². The average Bonchev–Trinajstić information content (AvgIpc) is 2.48. The molecule has 1 aliphatic rings. The highest BCUT2D eigenvalue weighted by atomic mass is 79.9. The number of rotatable bonds is 6. The molecule has 1 N–H and O–H groups in total. The van der Waals surface area contributed by atoms with E-state index >= 15 is 0 Å². The van der Waals surface area contributed by atoms with Crippen LogP contribution >= 0.6 is 15.9 Å². The van der Waals surface area contributed by atoms with Gasteiger partial charge in [0.15, 0.2) is 0 Å². The van der Waals surface area contributed by atoms with E-state index in [9.17, 15) is 0 Å². The zero-order valence-electron chi connectivity index (χ0n) is 12.6. The number of hydrogen-bond acceptors (Lipinski definition) is 2. The maximum absolute atomic E-state index is 5.49. The first-order valence-corrected chi connectivity index (χ1v) is 8.52. The maximum atomic E-state index is 5.49. The smallest absolute Gasteiger partial charge is 0.122 e. The van der Waals surface area contributed by atoms with Gasteiger partial charge in [-0.3, -0.25) is 0 Å². The predicted octanol–water partition coefficient (Wildman–Crippen LogP) is 4.56. The van der Waals surface area contributed by atoms with Crippen LogP contribution in [-0.4, -0.2) is 20.2 Å². The molecule has 0 aromatic heterocycles. The Labute approximate surface area is 131 Å². The molecule has 0 amide bonds. The maximum Gasteiger partial charge on any atom is 0.122 e. The molecule has 1 aromatic rings. The fourth-order valence-corrected chi connectivity index (χ4v) is 3.71. The summed E-state index contributed by atoms with van der Waals surface area (Å²) in [5.74, 6) is 1.90. The zero-order valence-corrected chi connectivity index (χ0v) is 14.2. The van der Waals surface area contributed by atoms with E-state index in [2.05, 4.69) is 34.4 Å². The van der Waals surface area contributed by atoms with E-state index < -0.39 is 0 Å². The van der Waals surface area contributed by atoms with E-state index in [-0.39, 0.29) is 0 Å². The number of methoxy groups -OCH3 is 1. The third kappa shape index (κ3) is 4.49. The molecule has 112 valence electrons. The Kier molecular flexibility index (Phi) is 6.37. The van der Waals surface area contributed by atoms with Crippen molar-refractivity contribution in [2.45, 2.75) is 51.0 Å². The quantitative estimate of drug-likeness (QED) is 0.820. The first kappa shape index (κ1) is 15.8. The molecule has 1 unspecified atom stereocenters. The fraction of sp³-hybridized carbons (Fsp3) is 0.647. The van der Waals surface area contributed by atoms with Gasteiger partial charge < -0.3 is 10.1 Å². The van der Waals surface area contributed by atoms with E-state index in [0.717, 1.165) is 22.6 Å². The number of halogens is 1. The second-order valence-corrected chi connectivity index (χ2v) is 6.80. The van der Waals surface area contributed by atoms with Crippen LogP contribution in [-0.2, 0) is 6.42 Å². The summed E-state index contributed by atoms with van der Waals surface area (Å²) in [6.45, 7) is 0.